The van der Waals surface area contributed by atoms with Crippen molar-refractivity contribution in [2.45, 2.75) is 82.7 Å². The van der Waals surface area contributed by atoms with Crippen molar-refractivity contribution in [2.75, 3.05) is 98.2 Å². The van der Waals surface area contributed by atoms with Crippen LogP contribution in [0.3, 0.4) is 0 Å². The molecule has 6 heterocycles. The SMILES string of the molecule is O=C(N[C@@H](C(=O)N1CCC(CN2CCN(CC(=O)N3CCN(C(=O)c4cc(Cc5n[nH]c(=O)c6ccccc56)ccc4F)CC3)CC2)CC1)C1CCCCC1)c1cccc([C@@H]2CCCN(C(=O)CNCc3ccncn3)C2)c1. The number of nitrogens with zero attached hydrogens (tertiary/aromatic N) is 9. The zero-order chi connectivity index (χ0) is 54.0. The third-order valence-corrected chi connectivity index (χ3v) is 16.9. The Morgan fingerprint density at radius 1 is 0.705 bits per heavy atom. The zero-order valence-electron chi connectivity index (χ0n) is 44.6. The summed E-state index contributed by atoms with van der Waals surface area (Å²) in [5.74, 6) is -0.509. The molecule has 4 saturated heterocycles. The molecule has 2 aromatic heterocycles. The molecule has 1 saturated carbocycles. The number of aromatic nitrogens is 4. The van der Waals surface area contributed by atoms with Gasteiger partial charge in [-0.25, -0.2) is 19.5 Å². The molecule has 5 fully saturated rings. The van der Waals surface area contributed by atoms with Crippen molar-refractivity contribution in [3.8, 4) is 0 Å². The molecule has 5 amide bonds. The van der Waals surface area contributed by atoms with Crippen LogP contribution in [-0.2, 0) is 27.3 Å². The van der Waals surface area contributed by atoms with Crippen LogP contribution in [0, 0.1) is 17.7 Å². The molecule has 5 aliphatic rings. The van der Waals surface area contributed by atoms with Crippen LogP contribution < -0.4 is 16.2 Å². The second-order valence-electron chi connectivity index (χ2n) is 22.0. The van der Waals surface area contributed by atoms with Crippen LogP contribution in [0.2, 0.25) is 0 Å². The summed E-state index contributed by atoms with van der Waals surface area (Å²) in [7, 11) is 0. The molecular formula is C59H73FN12O6. The Morgan fingerprint density at radius 3 is 2.23 bits per heavy atom. The first-order chi connectivity index (χ1) is 38.0. The highest BCUT2D eigenvalue weighted by Crippen LogP contribution is 2.31. The normalized spacial score (nSPS) is 19.7. The lowest BCUT2D eigenvalue weighted by molar-refractivity contribution is -0.137. The summed E-state index contributed by atoms with van der Waals surface area (Å²) >= 11 is 0. The topological polar surface area (TPSA) is 200 Å². The van der Waals surface area contributed by atoms with Crippen molar-refractivity contribution in [2.24, 2.45) is 11.8 Å². The van der Waals surface area contributed by atoms with Crippen molar-refractivity contribution in [1.29, 1.82) is 0 Å². The Hall–Kier alpha value is -6.96. The minimum atomic E-state index is -0.609. The minimum absolute atomic E-state index is 0.0252. The van der Waals surface area contributed by atoms with Gasteiger partial charge in [0, 0.05) is 121 Å². The number of piperazine rings is 2. The van der Waals surface area contributed by atoms with Gasteiger partial charge in [-0.1, -0.05) is 55.7 Å². The van der Waals surface area contributed by atoms with E-state index in [1.54, 1.807) is 40.3 Å². The van der Waals surface area contributed by atoms with Gasteiger partial charge in [0.1, 0.15) is 18.2 Å². The number of halogens is 1. The quantitative estimate of drug-likeness (QED) is 0.126. The number of H-pyrrole nitrogens is 1. The maximum absolute atomic E-state index is 15.1. The monoisotopic (exact) mass is 1060 g/mol. The standard InChI is InChI=1S/C59H73FN12O6/c60-51-16-15-42(33-52-48-13-4-5-14-49(48)57(76)66-65-52)32-50(51)58(77)71-30-28-69(29-31-71)54(74)39-68-26-24-67(25-27-68)37-41-18-22-70(23-19-41)59(78)55(43-8-2-1-3-9-43)64-56(75)45-11-6-10-44(34-45)46-12-7-21-72(38-46)53(73)36-62-35-47-17-20-61-40-63-47/h4-6,10-11,13-17,20,32,34,40-41,43,46,55,62H,1-3,7-9,12,18-19,21-31,33,35-39H2,(H,64,75)(H,66,76)/t46-,55-/m1/s1. The first-order valence-electron chi connectivity index (χ1n) is 28.2. The van der Waals surface area contributed by atoms with Gasteiger partial charge >= 0.3 is 0 Å². The van der Waals surface area contributed by atoms with Crippen molar-refractivity contribution < 1.29 is 28.4 Å². The average Bonchev–Trinajstić information content (AvgIpc) is 3.50. The smallest absolute Gasteiger partial charge is 0.272 e. The summed E-state index contributed by atoms with van der Waals surface area (Å²) in [6.07, 6.45) is 12.2. The molecule has 78 heavy (non-hydrogen) atoms. The first kappa shape index (κ1) is 54.4. The van der Waals surface area contributed by atoms with Crippen molar-refractivity contribution >= 4 is 40.3 Å². The van der Waals surface area contributed by atoms with Crippen LogP contribution in [0.25, 0.3) is 10.8 Å². The lowest BCUT2D eigenvalue weighted by atomic mass is 9.82. The average molecular weight is 1070 g/mol. The van der Waals surface area contributed by atoms with E-state index in [-0.39, 0.29) is 53.1 Å². The molecule has 3 aromatic carbocycles. The van der Waals surface area contributed by atoms with Crippen molar-refractivity contribution in [3.63, 3.8) is 0 Å². The molecule has 3 N–H and O–H groups in total. The predicted molar refractivity (Wildman–Crippen MR) is 293 cm³/mol. The number of aromatic amines is 1. The third-order valence-electron chi connectivity index (χ3n) is 16.9. The van der Waals surface area contributed by atoms with Gasteiger partial charge in [0.25, 0.3) is 17.4 Å². The number of amides is 5. The number of hydrogen-bond acceptors (Lipinski definition) is 12. The van der Waals surface area contributed by atoms with Crippen molar-refractivity contribution in [1.82, 2.24) is 60.2 Å². The number of benzene rings is 3. The molecule has 10 rings (SSSR count). The minimum Gasteiger partial charge on any atom is -0.341 e. The molecule has 19 heteroatoms. The molecule has 2 atom stereocenters. The van der Waals surface area contributed by atoms with E-state index in [0.717, 1.165) is 102 Å². The molecule has 0 spiro atoms. The molecule has 0 radical (unpaired) electrons. The van der Waals surface area contributed by atoms with Gasteiger partial charge < -0.3 is 35.1 Å². The second kappa shape index (κ2) is 25.7. The molecule has 0 bridgehead atoms. The molecule has 5 aromatic rings. The Bertz CT molecular complexity index is 2970. The highest BCUT2D eigenvalue weighted by Gasteiger charge is 2.37. The molecule has 412 valence electrons. The van der Waals surface area contributed by atoms with Gasteiger partial charge in [0.05, 0.1) is 35.4 Å². The fraction of sp³-hybridized carbons (Fsp3) is 0.508. The fourth-order valence-corrected chi connectivity index (χ4v) is 12.3. The van der Waals surface area contributed by atoms with E-state index in [2.05, 4.69) is 40.6 Å². The number of hydrogen-bond donors (Lipinski definition) is 3. The van der Waals surface area contributed by atoms with E-state index in [9.17, 15) is 28.8 Å². The maximum atomic E-state index is 15.1. The number of carbonyl (C=O) groups is 5. The highest BCUT2D eigenvalue weighted by molar-refractivity contribution is 5.98. The number of likely N-dealkylation sites (tertiary alicyclic amines) is 2. The molecule has 0 unspecified atom stereocenters. The Labute approximate surface area is 455 Å². The number of fused-ring (bicyclic) bond motifs is 1. The lowest BCUT2D eigenvalue weighted by Gasteiger charge is -2.41. The van der Waals surface area contributed by atoms with Crippen LogP contribution in [0.5, 0.6) is 0 Å². The molecule has 18 nitrogen and oxygen atoms in total. The van der Waals surface area contributed by atoms with E-state index in [1.165, 1.54) is 12.4 Å². The van der Waals surface area contributed by atoms with Gasteiger partial charge in [-0.3, -0.25) is 33.7 Å². The van der Waals surface area contributed by atoms with Crippen LogP contribution in [0.15, 0.2) is 90.1 Å². The van der Waals surface area contributed by atoms with E-state index < -0.39 is 17.8 Å². The zero-order valence-corrected chi connectivity index (χ0v) is 44.6. The predicted octanol–water partition coefficient (Wildman–Crippen LogP) is 4.46. The number of piperidine rings is 2. The lowest BCUT2D eigenvalue weighted by Crippen LogP contribution is -2.55. The van der Waals surface area contributed by atoms with Crippen LogP contribution in [-0.4, -0.2) is 183 Å². The molecular weight excluding hydrogens is 992 g/mol. The summed E-state index contributed by atoms with van der Waals surface area (Å²) in [5, 5.41) is 14.4. The number of rotatable bonds is 16. The third kappa shape index (κ3) is 13.5. The summed E-state index contributed by atoms with van der Waals surface area (Å²) in [5.41, 5.74) is 3.40. The van der Waals surface area contributed by atoms with Gasteiger partial charge in [-0.15, -0.1) is 0 Å². The van der Waals surface area contributed by atoms with Crippen molar-refractivity contribution in [3.05, 3.63) is 135 Å². The summed E-state index contributed by atoms with van der Waals surface area (Å²) in [6, 6.07) is 20.6. The van der Waals surface area contributed by atoms with Gasteiger partial charge in [-0.05, 0) is 97.9 Å². The Balaban J connectivity index is 0.651. The second-order valence-corrected chi connectivity index (χ2v) is 22.0. The van der Waals surface area contributed by atoms with Crippen LogP contribution in [0.1, 0.15) is 107 Å². The van der Waals surface area contributed by atoms with Gasteiger partial charge in [0.15, 0.2) is 0 Å². The summed E-state index contributed by atoms with van der Waals surface area (Å²) < 4.78 is 15.1. The Morgan fingerprint density at radius 2 is 1.46 bits per heavy atom. The highest BCUT2D eigenvalue weighted by atomic mass is 19.1. The largest absolute Gasteiger partial charge is 0.341 e. The molecule has 1 aliphatic carbocycles. The maximum Gasteiger partial charge on any atom is 0.272 e. The van der Waals surface area contributed by atoms with E-state index in [4.69, 9.17) is 0 Å². The fourth-order valence-electron chi connectivity index (χ4n) is 12.3. The number of nitrogens with one attached hydrogen (secondary N) is 3. The number of carbonyl (C=O) groups excluding carboxylic acids is 5. The Kier molecular flexibility index (Phi) is 17.9. The summed E-state index contributed by atoms with van der Waals surface area (Å²) in [6.45, 7) is 9.18. The van der Waals surface area contributed by atoms with Gasteiger partial charge in [-0.2, -0.15) is 5.10 Å². The van der Waals surface area contributed by atoms with Crippen LogP contribution in [0.4, 0.5) is 4.39 Å². The van der Waals surface area contributed by atoms with E-state index in [0.29, 0.717) is 105 Å². The summed E-state index contributed by atoms with van der Waals surface area (Å²) in [4.78, 5) is 101. The van der Waals surface area contributed by atoms with Gasteiger partial charge in [0.2, 0.25) is 17.7 Å². The first-order valence-corrected chi connectivity index (χ1v) is 28.2. The molecule has 4 aliphatic heterocycles. The van der Waals surface area contributed by atoms with Crippen LogP contribution >= 0.6 is 0 Å². The van der Waals surface area contributed by atoms with E-state index in [1.807, 2.05) is 52.3 Å². The van der Waals surface area contributed by atoms with E-state index >= 15 is 4.39 Å².